The highest BCUT2D eigenvalue weighted by Crippen LogP contribution is 2.21. The number of thiophene rings is 1. The lowest BCUT2D eigenvalue weighted by Gasteiger charge is -2.13. The molecule has 1 amide bonds. The normalized spacial score (nSPS) is 10.8. The Balaban J connectivity index is 1.75. The maximum Gasteiger partial charge on any atom is 0.262 e. The minimum atomic E-state index is -0.258. The van der Waals surface area contributed by atoms with Gasteiger partial charge in [-0.25, -0.2) is 4.98 Å². The van der Waals surface area contributed by atoms with Crippen LogP contribution in [0.1, 0.15) is 11.8 Å². The molecule has 130 valence electrons. The molecule has 0 aliphatic carbocycles. The number of aryl methyl sites for hydroxylation is 1. The molecule has 1 aromatic carbocycles. The lowest BCUT2D eigenvalue weighted by Crippen LogP contribution is -2.27. The second kappa shape index (κ2) is 7.06. The average molecular weight is 356 g/mol. The van der Waals surface area contributed by atoms with E-state index in [0.29, 0.717) is 11.1 Å². The van der Waals surface area contributed by atoms with Gasteiger partial charge in [-0.2, -0.15) is 0 Å². The topological polar surface area (TPSA) is 67.2 Å². The number of carbonyl (C=O) groups excluding carboxylic acids is 1. The molecule has 0 aliphatic rings. The van der Waals surface area contributed by atoms with Crippen LogP contribution in [0.15, 0.2) is 41.5 Å². The fourth-order valence-electron chi connectivity index (χ4n) is 2.49. The van der Waals surface area contributed by atoms with E-state index in [1.807, 2.05) is 56.3 Å². The number of nitrogens with one attached hydrogen (secondary N) is 1. The van der Waals surface area contributed by atoms with Gasteiger partial charge in [-0.15, -0.1) is 11.3 Å². The van der Waals surface area contributed by atoms with Gasteiger partial charge in [0.2, 0.25) is 5.91 Å². The van der Waals surface area contributed by atoms with Gasteiger partial charge in [0.15, 0.2) is 0 Å². The second-order valence-electron chi connectivity index (χ2n) is 5.95. The Labute approximate surface area is 149 Å². The van der Waals surface area contributed by atoms with Crippen LogP contribution in [-0.4, -0.2) is 29.6 Å². The van der Waals surface area contributed by atoms with E-state index in [-0.39, 0.29) is 18.0 Å². The molecule has 2 aromatic heterocycles. The predicted molar refractivity (Wildman–Crippen MR) is 103 cm³/mol. The Hall–Kier alpha value is -2.67. The van der Waals surface area contributed by atoms with Gasteiger partial charge in [-0.1, -0.05) is 6.92 Å². The van der Waals surface area contributed by atoms with Crippen molar-refractivity contribution < 1.29 is 4.79 Å². The monoisotopic (exact) mass is 356 g/mol. The van der Waals surface area contributed by atoms with Crippen molar-refractivity contribution in [3.63, 3.8) is 0 Å². The first-order chi connectivity index (χ1) is 12.0. The maximum absolute atomic E-state index is 12.5. The van der Waals surface area contributed by atoms with E-state index in [1.165, 1.54) is 22.2 Å². The zero-order valence-corrected chi connectivity index (χ0v) is 15.3. The molecule has 0 fully saturated rings. The molecule has 0 bridgehead atoms. The van der Waals surface area contributed by atoms with Crippen LogP contribution in [0.4, 0.5) is 11.4 Å². The molecule has 1 N–H and O–H groups in total. The summed E-state index contributed by atoms with van der Waals surface area (Å²) >= 11 is 1.52. The molecule has 3 aromatic rings. The largest absolute Gasteiger partial charge is 0.378 e. The number of fused-ring (bicyclic) bond motifs is 1. The van der Waals surface area contributed by atoms with E-state index in [2.05, 4.69) is 10.3 Å². The summed E-state index contributed by atoms with van der Waals surface area (Å²) in [5.41, 5.74) is 1.56. The highest BCUT2D eigenvalue weighted by Gasteiger charge is 2.11. The summed E-state index contributed by atoms with van der Waals surface area (Å²) in [4.78, 5) is 32.9. The molecule has 0 saturated carbocycles. The van der Waals surface area contributed by atoms with Crippen molar-refractivity contribution >= 4 is 38.8 Å². The Kier molecular flexibility index (Phi) is 4.85. The molecular formula is C18H20N4O2S. The molecule has 0 atom stereocenters. The van der Waals surface area contributed by atoms with Crippen molar-refractivity contribution in [1.82, 2.24) is 9.55 Å². The van der Waals surface area contributed by atoms with E-state index in [1.54, 1.807) is 0 Å². The summed E-state index contributed by atoms with van der Waals surface area (Å²) in [7, 11) is 3.91. The number of benzene rings is 1. The van der Waals surface area contributed by atoms with Crippen LogP contribution in [0, 0.1) is 0 Å². The van der Waals surface area contributed by atoms with Gasteiger partial charge in [-0.3, -0.25) is 14.2 Å². The van der Waals surface area contributed by atoms with Crippen molar-refractivity contribution in [2.45, 2.75) is 19.9 Å². The molecule has 3 rings (SSSR count). The van der Waals surface area contributed by atoms with Gasteiger partial charge in [-0.05, 0) is 36.8 Å². The summed E-state index contributed by atoms with van der Waals surface area (Å²) < 4.78 is 1.35. The van der Waals surface area contributed by atoms with Crippen molar-refractivity contribution in [2.75, 3.05) is 24.3 Å². The summed E-state index contributed by atoms with van der Waals surface area (Å²) in [5.74, 6) is -0.258. The van der Waals surface area contributed by atoms with Gasteiger partial charge in [0.05, 0.1) is 11.7 Å². The number of carbonyl (C=O) groups is 1. The number of amides is 1. The standard InChI is InChI=1S/C18H20N4O2S/c1-4-14-9-15-17(25-14)19-11-22(18(15)24)10-16(23)20-12-5-7-13(8-6-12)21(2)3/h5-9,11H,4,10H2,1-3H3,(H,20,23). The molecular weight excluding hydrogens is 336 g/mol. The lowest BCUT2D eigenvalue weighted by molar-refractivity contribution is -0.116. The van der Waals surface area contributed by atoms with Crippen molar-refractivity contribution in [1.29, 1.82) is 0 Å². The van der Waals surface area contributed by atoms with Crippen LogP contribution in [-0.2, 0) is 17.8 Å². The Morgan fingerprint density at radius 1 is 1.28 bits per heavy atom. The molecule has 7 heteroatoms. The van der Waals surface area contributed by atoms with E-state index < -0.39 is 0 Å². The predicted octanol–water partition coefficient (Wildman–Crippen LogP) is 2.73. The first-order valence-electron chi connectivity index (χ1n) is 8.03. The fourth-order valence-corrected chi connectivity index (χ4v) is 3.42. The van der Waals surface area contributed by atoms with E-state index in [0.717, 1.165) is 21.8 Å². The van der Waals surface area contributed by atoms with Crippen LogP contribution >= 0.6 is 11.3 Å². The van der Waals surface area contributed by atoms with Crippen molar-refractivity contribution in [2.24, 2.45) is 0 Å². The average Bonchev–Trinajstić information content (AvgIpc) is 3.02. The zero-order valence-electron chi connectivity index (χ0n) is 14.4. The summed E-state index contributed by atoms with van der Waals surface area (Å²) in [6.07, 6.45) is 2.30. The molecule has 2 heterocycles. The third-order valence-electron chi connectivity index (χ3n) is 3.90. The molecule has 0 aliphatic heterocycles. The SMILES string of the molecule is CCc1cc2c(=O)n(CC(=O)Nc3ccc(N(C)C)cc3)cnc2s1. The van der Waals surface area contributed by atoms with Gasteiger partial charge in [0.1, 0.15) is 11.4 Å². The van der Waals surface area contributed by atoms with Gasteiger partial charge < -0.3 is 10.2 Å². The van der Waals surface area contributed by atoms with Gasteiger partial charge in [0.25, 0.3) is 5.56 Å². The zero-order chi connectivity index (χ0) is 18.0. The summed E-state index contributed by atoms with van der Waals surface area (Å²) in [6, 6.07) is 9.39. The quantitative estimate of drug-likeness (QED) is 0.763. The number of rotatable bonds is 5. The first-order valence-corrected chi connectivity index (χ1v) is 8.84. The molecule has 0 spiro atoms. The smallest absolute Gasteiger partial charge is 0.262 e. The highest BCUT2D eigenvalue weighted by molar-refractivity contribution is 7.18. The molecule has 0 unspecified atom stereocenters. The number of aromatic nitrogens is 2. The molecule has 25 heavy (non-hydrogen) atoms. The lowest BCUT2D eigenvalue weighted by atomic mass is 10.2. The molecule has 6 nitrogen and oxygen atoms in total. The van der Waals surface area contributed by atoms with E-state index in [4.69, 9.17) is 0 Å². The third kappa shape index (κ3) is 3.71. The van der Waals surface area contributed by atoms with Gasteiger partial charge in [0, 0.05) is 30.3 Å². The Morgan fingerprint density at radius 3 is 2.64 bits per heavy atom. The molecule has 0 saturated heterocycles. The van der Waals surface area contributed by atoms with Crippen molar-refractivity contribution in [3.8, 4) is 0 Å². The maximum atomic E-state index is 12.5. The number of nitrogens with zero attached hydrogens (tertiary/aromatic N) is 3. The number of anilines is 2. The minimum Gasteiger partial charge on any atom is -0.378 e. The Bertz CT molecular complexity index is 957. The van der Waals surface area contributed by atoms with Crippen LogP contribution in [0.2, 0.25) is 0 Å². The molecule has 0 radical (unpaired) electrons. The van der Waals surface area contributed by atoms with E-state index >= 15 is 0 Å². The summed E-state index contributed by atoms with van der Waals surface area (Å²) in [5, 5.41) is 3.38. The minimum absolute atomic E-state index is 0.0610. The van der Waals surface area contributed by atoms with Gasteiger partial charge >= 0.3 is 0 Å². The summed E-state index contributed by atoms with van der Waals surface area (Å²) in [6.45, 7) is 1.98. The first kappa shape index (κ1) is 17.2. The number of hydrogen-bond donors (Lipinski definition) is 1. The highest BCUT2D eigenvalue weighted by atomic mass is 32.1. The Morgan fingerprint density at radius 2 is 2.00 bits per heavy atom. The van der Waals surface area contributed by atoms with Crippen molar-refractivity contribution in [3.05, 3.63) is 51.9 Å². The van der Waals surface area contributed by atoms with Crippen LogP contribution in [0.25, 0.3) is 10.2 Å². The van der Waals surface area contributed by atoms with Crippen LogP contribution in [0.3, 0.4) is 0 Å². The number of hydrogen-bond acceptors (Lipinski definition) is 5. The second-order valence-corrected chi connectivity index (χ2v) is 7.07. The third-order valence-corrected chi connectivity index (χ3v) is 5.09. The van der Waals surface area contributed by atoms with Crippen LogP contribution < -0.4 is 15.8 Å². The van der Waals surface area contributed by atoms with E-state index in [9.17, 15) is 9.59 Å². The fraction of sp³-hybridized carbons (Fsp3) is 0.278. The van der Waals surface area contributed by atoms with Crippen LogP contribution in [0.5, 0.6) is 0 Å².